The fraction of sp³-hybridized carbons (Fsp3) is 0.154. The van der Waals surface area contributed by atoms with Crippen LogP contribution in [0.5, 0.6) is 0 Å². The normalized spacial score (nSPS) is 10.4. The molecule has 0 spiro atoms. The van der Waals surface area contributed by atoms with Gasteiger partial charge in [0, 0.05) is 25.3 Å². The summed E-state index contributed by atoms with van der Waals surface area (Å²) < 4.78 is 1.58. The Kier molecular flexibility index (Phi) is 6.09. The second kappa shape index (κ2) is 9.27. The third-order valence-electron chi connectivity index (χ3n) is 4.80. The van der Waals surface area contributed by atoms with Gasteiger partial charge in [0.1, 0.15) is 11.5 Å². The Labute approximate surface area is 186 Å². The van der Waals surface area contributed by atoms with Crippen molar-refractivity contribution in [1.82, 2.24) is 14.6 Å². The summed E-state index contributed by atoms with van der Waals surface area (Å²) in [6.45, 7) is 3.46. The van der Waals surface area contributed by atoms with Crippen molar-refractivity contribution >= 4 is 23.2 Å². The van der Waals surface area contributed by atoms with Crippen molar-refractivity contribution in [3.05, 3.63) is 94.8 Å². The molecule has 1 N–H and O–H groups in total. The van der Waals surface area contributed by atoms with Crippen molar-refractivity contribution in [2.75, 3.05) is 5.32 Å². The second-order valence-corrected chi connectivity index (χ2v) is 7.66. The van der Waals surface area contributed by atoms with E-state index in [1.165, 1.54) is 6.92 Å². The third-order valence-corrected chi connectivity index (χ3v) is 4.80. The van der Waals surface area contributed by atoms with Crippen LogP contribution in [-0.4, -0.2) is 26.3 Å². The number of carbonyl (C=O) groups excluding carboxylic acids is 2. The Hall–Kier alpha value is -4.24. The minimum absolute atomic E-state index is 0.186. The van der Waals surface area contributed by atoms with E-state index >= 15 is 0 Å². The van der Waals surface area contributed by atoms with Crippen LogP contribution < -0.4 is 5.32 Å². The molecule has 2 aromatic carbocycles. The minimum atomic E-state index is -0.186. The highest BCUT2D eigenvalue weighted by Gasteiger charge is 2.06. The average Bonchev–Trinajstić information content (AvgIpc) is 3.14. The van der Waals surface area contributed by atoms with Gasteiger partial charge in [0.25, 0.3) is 0 Å². The van der Waals surface area contributed by atoms with Gasteiger partial charge in [0.15, 0.2) is 11.5 Å². The third kappa shape index (κ3) is 5.46. The number of ketones is 1. The summed E-state index contributed by atoms with van der Waals surface area (Å²) in [7, 11) is 0. The molecule has 0 fully saturated rings. The van der Waals surface area contributed by atoms with Gasteiger partial charge in [-0.3, -0.25) is 9.59 Å². The lowest BCUT2D eigenvalue weighted by Gasteiger charge is -2.03. The lowest BCUT2D eigenvalue weighted by Crippen LogP contribution is -2.06. The maximum absolute atomic E-state index is 12.4. The highest BCUT2D eigenvalue weighted by molar-refractivity contribution is 5.87. The number of aromatic nitrogens is 3. The molecular formula is C26H22N4O2. The first-order chi connectivity index (χ1) is 15.4. The Bertz CT molecular complexity index is 1360. The van der Waals surface area contributed by atoms with E-state index in [9.17, 15) is 9.59 Å². The number of aryl methyl sites for hydroxylation is 1. The summed E-state index contributed by atoms with van der Waals surface area (Å²) >= 11 is 0. The molecule has 0 saturated carbocycles. The highest BCUT2D eigenvalue weighted by Crippen LogP contribution is 2.11. The molecular weight excluding hydrogens is 400 g/mol. The maximum atomic E-state index is 12.4. The van der Waals surface area contributed by atoms with Gasteiger partial charge in [-0.15, -0.1) is 0 Å². The summed E-state index contributed by atoms with van der Waals surface area (Å²) in [4.78, 5) is 27.8. The van der Waals surface area contributed by atoms with Crippen LogP contribution in [-0.2, 0) is 22.4 Å². The molecule has 0 aliphatic carbocycles. The largest absolute Gasteiger partial charge is 0.310 e. The number of carbonyl (C=O) groups is 2. The number of anilines is 1. The predicted octanol–water partition coefficient (Wildman–Crippen LogP) is 3.75. The van der Waals surface area contributed by atoms with Gasteiger partial charge in [-0.2, -0.15) is 5.10 Å². The van der Waals surface area contributed by atoms with E-state index in [0.29, 0.717) is 30.0 Å². The van der Waals surface area contributed by atoms with E-state index in [0.717, 1.165) is 22.3 Å². The summed E-state index contributed by atoms with van der Waals surface area (Å²) in [5.74, 6) is 6.57. The molecule has 0 radical (unpaired) electrons. The number of Topliss-reactive ketones (excluding diaryl/α,β-unsaturated/α-hetero) is 1. The fourth-order valence-corrected chi connectivity index (χ4v) is 3.37. The monoisotopic (exact) mass is 422 g/mol. The maximum Gasteiger partial charge on any atom is 0.222 e. The standard InChI is InChI=1S/C26H22N4O2/c1-18-4-3-5-22(14-18)16-24(32)15-21-8-6-20(7-9-21)10-11-23-12-13-26-28-25(27-19(2)31)17-30(26)29-23/h3-9,12-14,17H,15-16H2,1-2H3,(H,27,31). The van der Waals surface area contributed by atoms with Crippen LogP contribution in [0.1, 0.15) is 34.9 Å². The Morgan fingerprint density at radius 3 is 2.50 bits per heavy atom. The highest BCUT2D eigenvalue weighted by atomic mass is 16.1. The Morgan fingerprint density at radius 2 is 1.75 bits per heavy atom. The molecule has 0 unspecified atom stereocenters. The number of hydrogen-bond donors (Lipinski definition) is 1. The summed E-state index contributed by atoms with van der Waals surface area (Å²) in [5.41, 5.74) is 5.22. The molecule has 2 aromatic heterocycles. The zero-order chi connectivity index (χ0) is 22.5. The zero-order valence-electron chi connectivity index (χ0n) is 17.9. The van der Waals surface area contributed by atoms with Crippen LogP contribution in [0.4, 0.5) is 5.82 Å². The number of amides is 1. The van der Waals surface area contributed by atoms with Gasteiger partial charge in [-0.05, 0) is 48.2 Å². The Balaban J connectivity index is 1.40. The quantitative estimate of drug-likeness (QED) is 0.497. The molecule has 0 saturated heterocycles. The Morgan fingerprint density at radius 1 is 0.969 bits per heavy atom. The van der Waals surface area contributed by atoms with Gasteiger partial charge >= 0.3 is 0 Å². The molecule has 4 aromatic rings. The molecule has 4 rings (SSSR count). The number of nitrogens with one attached hydrogen (secondary N) is 1. The first-order valence-electron chi connectivity index (χ1n) is 10.3. The summed E-state index contributed by atoms with van der Waals surface area (Å²) in [6, 6.07) is 19.3. The SMILES string of the molecule is CC(=O)Nc1cn2nc(C#Cc3ccc(CC(=O)Cc4cccc(C)c4)cc3)ccc2n1. The molecule has 32 heavy (non-hydrogen) atoms. The van der Waals surface area contributed by atoms with E-state index in [2.05, 4.69) is 27.2 Å². The number of fused-ring (bicyclic) bond motifs is 1. The fourth-order valence-electron chi connectivity index (χ4n) is 3.37. The number of imidazole rings is 1. The van der Waals surface area contributed by atoms with E-state index < -0.39 is 0 Å². The number of benzene rings is 2. The lowest BCUT2D eigenvalue weighted by atomic mass is 10.0. The van der Waals surface area contributed by atoms with E-state index in [1.54, 1.807) is 22.8 Å². The predicted molar refractivity (Wildman–Crippen MR) is 123 cm³/mol. The van der Waals surface area contributed by atoms with Crippen LogP contribution in [0.25, 0.3) is 5.65 Å². The van der Waals surface area contributed by atoms with Crippen molar-refractivity contribution in [2.24, 2.45) is 0 Å². The molecule has 6 heteroatoms. The molecule has 0 aliphatic rings. The van der Waals surface area contributed by atoms with Crippen LogP contribution in [0.15, 0.2) is 66.9 Å². The van der Waals surface area contributed by atoms with Crippen molar-refractivity contribution < 1.29 is 9.59 Å². The van der Waals surface area contributed by atoms with E-state index in [1.807, 2.05) is 55.5 Å². The van der Waals surface area contributed by atoms with Crippen molar-refractivity contribution in [2.45, 2.75) is 26.7 Å². The molecule has 158 valence electrons. The van der Waals surface area contributed by atoms with E-state index in [4.69, 9.17) is 0 Å². The van der Waals surface area contributed by atoms with Crippen LogP contribution in [0.2, 0.25) is 0 Å². The number of rotatable bonds is 5. The summed E-state index contributed by atoms with van der Waals surface area (Å²) in [5, 5.41) is 7.04. The zero-order valence-corrected chi connectivity index (χ0v) is 17.9. The molecule has 6 nitrogen and oxygen atoms in total. The first-order valence-corrected chi connectivity index (χ1v) is 10.3. The van der Waals surface area contributed by atoms with Crippen LogP contribution in [0.3, 0.4) is 0 Å². The number of hydrogen-bond acceptors (Lipinski definition) is 4. The molecule has 0 atom stereocenters. The molecule has 2 heterocycles. The van der Waals surface area contributed by atoms with Gasteiger partial charge in [-0.1, -0.05) is 47.9 Å². The van der Waals surface area contributed by atoms with Crippen molar-refractivity contribution in [3.63, 3.8) is 0 Å². The molecule has 0 bridgehead atoms. The molecule has 0 aliphatic heterocycles. The average molecular weight is 422 g/mol. The first kappa shape index (κ1) is 21.0. The van der Waals surface area contributed by atoms with Gasteiger partial charge in [0.2, 0.25) is 5.91 Å². The smallest absolute Gasteiger partial charge is 0.222 e. The van der Waals surface area contributed by atoms with E-state index in [-0.39, 0.29) is 11.7 Å². The van der Waals surface area contributed by atoms with Crippen molar-refractivity contribution in [3.8, 4) is 11.8 Å². The topological polar surface area (TPSA) is 76.4 Å². The van der Waals surface area contributed by atoms with Gasteiger partial charge in [0.05, 0.1) is 6.20 Å². The number of nitrogens with zero attached hydrogens (tertiary/aromatic N) is 3. The summed E-state index contributed by atoms with van der Waals surface area (Å²) in [6.07, 6.45) is 2.48. The van der Waals surface area contributed by atoms with Gasteiger partial charge in [-0.25, -0.2) is 9.50 Å². The minimum Gasteiger partial charge on any atom is -0.310 e. The van der Waals surface area contributed by atoms with Crippen molar-refractivity contribution in [1.29, 1.82) is 0 Å². The van der Waals surface area contributed by atoms with Crippen LogP contribution in [0, 0.1) is 18.8 Å². The lowest BCUT2D eigenvalue weighted by molar-refractivity contribution is -0.118. The molecule has 1 amide bonds. The van der Waals surface area contributed by atoms with Gasteiger partial charge < -0.3 is 5.32 Å². The van der Waals surface area contributed by atoms with Crippen LogP contribution >= 0.6 is 0 Å². The second-order valence-electron chi connectivity index (χ2n) is 7.66.